The highest BCUT2D eigenvalue weighted by Gasteiger charge is 2.30. The van der Waals surface area contributed by atoms with Crippen LogP contribution in [0.25, 0.3) is 11.3 Å². The van der Waals surface area contributed by atoms with Gasteiger partial charge in [-0.05, 0) is 31.5 Å². The first-order chi connectivity index (χ1) is 8.79. The summed E-state index contributed by atoms with van der Waals surface area (Å²) in [6.07, 6.45) is -4.36. The number of aryl methyl sites for hydroxylation is 1. The summed E-state index contributed by atoms with van der Waals surface area (Å²) in [6, 6.07) is 5.14. The molecule has 0 fully saturated rings. The van der Waals surface area contributed by atoms with Gasteiger partial charge >= 0.3 is 6.18 Å². The average molecular weight is 284 g/mol. The normalized spacial score (nSPS) is 11.6. The van der Waals surface area contributed by atoms with Crippen molar-refractivity contribution < 1.29 is 13.2 Å². The Morgan fingerprint density at radius 2 is 1.89 bits per heavy atom. The van der Waals surface area contributed by atoms with Crippen LogP contribution in [0.2, 0.25) is 0 Å². The highest BCUT2D eigenvalue weighted by molar-refractivity contribution is 7.71. The van der Waals surface area contributed by atoms with E-state index >= 15 is 0 Å². The van der Waals surface area contributed by atoms with Gasteiger partial charge in [-0.15, -0.1) is 0 Å². The first-order valence-electron chi connectivity index (χ1n) is 5.54. The number of rotatable bonds is 1. The number of alkyl halides is 3. The molecule has 0 aliphatic heterocycles. The van der Waals surface area contributed by atoms with E-state index < -0.39 is 11.7 Å². The zero-order valence-corrected chi connectivity index (χ0v) is 11.1. The number of hydrogen-bond donors (Lipinski definition) is 1. The lowest BCUT2D eigenvalue weighted by atomic mass is 10.0. The smallest absolute Gasteiger partial charge is 0.343 e. The van der Waals surface area contributed by atoms with E-state index in [9.17, 15) is 13.2 Å². The van der Waals surface area contributed by atoms with Gasteiger partial charge in [-0.1, -0.05) is 24.4 Å². The van der Waals surface area contributed by atoms with Crippen LogP contribution in [0, 0.1) is 18.5 Å². The van der Waals surface area contributed by atoms with Crippen molar-refractivity contribution in [1.29, 1.82) is 0 Å². The van der Waals surface area contributed by atoms with E-state index in [0.29, 0.717) is 27.3 Å². The fraction of sp³-hybridized carbons (Fsp3) is 0.231. The molecule has 1 heterocycles. The average Bonchev–Trinajstić information content (AvgIpc) is 2.33. The van der Waals surface area contributed by atoms with Crippen molar-refractivity contribution >= 4 is 12.2 Å². The van der Waals surface area contributed by atoms with Crippen molar-refractivity contribution in [3.05, 3.63) is 45.9 Å². The molecule has 0 saturated carbocycles. The Labute approximate surface area is 113 Å². The van der Waals surface area contributed by atoms with E-state index in [2.05, 4.69) is 9.97 Å². The summed E-state index contributed by atoms with van der Waals surface area (Å²) in [5.74, 6) is 0.572. The van der Waals surface area contributed by atoms with Gasteiger partial charge in [0.2, 0.25) is 0 Å². The quantitative estimate of drug-likeness (QED) is 0.784. The van der Waals surface area contributed by atoms with E-state index in [-0.39, 0.29) is 0 Å². The van der Waals surface area contributed by atoms with Gasteiger partial charge in [0, 0.05) is 5.56 Å². The molecule has 1 aromatic heterocycles. The maximum Gasteiger partial charge on any atom is 0.416 e. The molecule has 2 aromatic rings. The SMILES string of the molecule is Cc1nc(=S)c(C)c(-c2cccc(C(F)(F)F)c2)[nH]1. The molecule has 100 valence electrons. The Hall–Kier alpha value is -1.69. The number of halogens is 3. The maximum atomic E-state index is 12.7. The molecule has 0 atom stereocenters. The van der Waals surface area contributed by atoms with Gasteiger partial charge in [-0.3, -0.25) is 0 Å². The number of benzene rings is 1. The number of hydrogen-bond acceptors (Lipinski definition) is 2. The predicted molar refractivity (Wildman–Crippen MR) is 69.3 cm³/mol. The zero-order valence-electron chi connectivity index (χ0n) is 10.3. The lowest BCUT2D eigenvalue weighted by Gasteiger charge is -2.11. The van der Waals surface area contributed by atoms with Crippen LogP contribution in [0.15, 0.2) is 24.3 Å². The van der Waals surface area contributed by atoms with E-state index in [1.54, 1.807) is 19.9 Å². The van der Waals surface area contributed by atoms with Crippen molar-refractivity contribution in [2.75, 3.05) is 0 Å². The Balaban J connectivity index is 2.63. The van der Waals surface area contributed by atoms with Crippen LogP contribution in [0.3, 0.4) is 0 Å². The Kier molecular flexibility index (Phi) is 3.45. The van der Waals surface area contributed by atoms with Crippen LogP contribution in [-0.4, -0.2) is 9.97 Å². The van der Waals surface area contributed by atoms with Crippen molar-refractivity contribution in [3.8, 4) is 11.3 Å². The second-order valence-electron chi connectivity index (χ2n) is 4.21. The topological polar surface area (TPSA) is 28.7 Å². The zero-order chi connectivity index (χ0) is 14.2. The molecule has 0 radical (unpaired) electrons. The molecular weight excluding hydrogens is 273 g/mol. The number of aromatic nitrogens is 2. The third-order valence-corrected chi connectivity index (χ3v) is 3.15. The van der Waals surface area contributed by atoms with Crippen LogP contribution in [0.1, 0.15) is 17.0 Å². The molecule has 0 spiro atoms. The van der Waals surface area contributed by atoms with Gasteiger partial charge in [0.1, 0.15) is 10.5 Å². The first-order valence-corrected chi connectivity index (χ1v) is 5.95. The second kappa shape index (κ2) is 4.77. The molecule has 2 nitrogen and oxygen atoms in total. The molecule has 0 amide bonds. The summed E-state index contributed by atoms with van der Waals surface area (Å²) >= 11 is 5.08. The first kappa shape index (κ1) is 13.7. The summed E-state index contributed by atoms with van der Waals surface area (Å²) in [7, 11) is 0. The summed E-state index contributed by atoms with van der Waals surface area (Å²) in [5, 5.41) is 0. The van der Waals surface area contributed by atoms with E-state index in [0.717, 1.165) is 12.1 Å². The summed E-state index contributed by atoms with van der Waals surface area (Å²) < 4.78 is 38.5. The molecule has 6 heteroatoms. The van der Waals surface area contributed by atoms with Crippen molar-refractivity contribution in [3.63, 3.8) is 0 Å². The molecular formula is C13H11F3N2S. The molecule has 1 aromatic carbocycles. The van der Waals surface area contributed by atoms with Gasteiger partial charge in [0.05, 0.1) is 11.3 Å². The Morgan fingerprint density at radius 1 is 1.21 bits per heavy atom. The van der Waals surface area contributed by atoms with E-state index in [4.69, 9.17) is 12.2 Å². The second-order valence-corrected chi connectivity index (χ2v) is 4.59. The highest BCUT2D eigenvalue weighted by atomic mass is 32.1. The number of aromatic amines is 1. The summed E-state index contributed by atoms with van der Waals surface area (Å²) in [5.41, 5.74) is 1.01. The molecule has 0 saturated heterocycles. The van der Waals surface area contributed by atoms with Crippen molar-refractivity contribution in [2.45, 2.75) is 20.0 Å². The van der Waals surface area contributed by atoms with Crippen LogP contribution in [0.5, 0.6) is 0 Å². The molecule has 0 aliphatic carbocycles. The molecule has 0 bridgehead atoms. The van der Waals surface area contributed by atoms with E-state index in [1.807, 2.05) is 0 Å². The lowest BCUT2D eigenvalue weighted by Crippen LogP contribution is -2.05. The van der Waals surface area contributed by atoms with Crippen LogP contribution in [0.4, 0.5) is 13.2 Å². The summed E-state index contributed by atoms with van der Waals surface area (Å²) in [4.78, 5) is 7.03. The molecule has 2 rings (SSSR count). The van der Waals surface area contributed by atoms with Crippen LogP contribution in [-0.2, 0) is 6.18 Å². The van der Waals surface area contributed by atoms with Gasteiger partial charge < -0.3 is 4.98 Å². The third-order valence-electron chi connectivity index (χ3n) is 2.75. The molecule has 19 heavy (non-hydrogen) atoms. The summed E-state index contributed by atoms with van der Waals surface area (Å²) in [6.45, 7) is 3.45. The number of H-pyrrole nitrogens is 1. The third kappa shape index (κ3) is 2.84. The fourth-order valence-electron chi connectivity index (χ4n) is 1.79. The largest absolute Gasteiger partial charge is 0.416 e. The number of nitrogens with zero attached hydrogens (tertiary/aromatic N) is 1. The van der Waals surface area contributed by atoms with Crippen LogP contribution >= 0.6 is 12.2 Å². The Bertz CT molecular complexity index is 674. The van der Waals surface area contributed by atoms with Gasteiger partial charge in [0.25, 0.3) is 0 Å². The highest BCUT2D eigenvalue weighted by Crippen LogP contribution is 2.32. The van der Waals surface area contributed by atoms with Crippen LogP contribution < -0.4 is 0 Å². The van der Waals surface area contributed by atoms with Gasteiger partial charge in [0.15, 0.2) is 0 Å². The van der Waals surface area contributed by atoms with Crippen molar-refractivity contribution in [1.82, 2.24) is 9.97 Å². The maximum absolute atomic E-state index is 12.7. The van der Waals surface area contributed by atoms with Gasteiger partial charge in [-0.2, -0.15) is 13.2 Å². The fourth-order valence-corrected chi connectivity index (χ4v) is 2.02. The predicted octanol–water partition coefficient (Wildman–Crippen LogP) is 4.44. The molecule has 1 N–H and O–H groups in total. The molecule has 0 unspecified atom stereocenters. The van der Waals surface area contributed by atoms with E-state index in [1.165, 1.54) is 6.07 Å². The monoisotopic (exact) mass is 284 g/mol. The lowest BCUT2D eigenvalue weighted by molar-refractivity contribution is -0.137. The minimum Gasteiger partial charge on any atom is -0.343 e. The minimum absolute atomic E-state index is 0.392. The van der Waals surface area contributed by atoms with Crippen molar-refractivity contribution in [2.24, 2.45) is 0 Å². The Morgan fingerprint density at radius 3 is 2.53 bits per heavy atom. The minimum atomic E-state index is -4.36. The number of nitrogens with one attached hydrogen (secondary N) is 1. The molecule has 0 aliphatic rings. The standard InChI is InChI=1S/C13H11F3N2S/c1-7-11(17-8(2)18-12(7)19)9-4-3-5-10(6-9)13(14,15)16/h3-6H,1-2H3,(H,17,18,19). The van der Waals surface area contributed by atoms with Gasteiger partial charge in [-0.25, -0.2) is 4.98 Å².